The highest BCUT2D eigenvalue weighted by atomic mass is 79.9. The fourth-order valence-electron chi connectivity index (χ4n) is 1.42. The molecule has 6 heteroatoms. The van der Waals surface area contributed by atoms with Gasteiger partial charge in [0.25, 0.3) is 0 Å². The van der Waals surface area contributed by atoms with Gasteiger partial charge < -0.3 is 15.8 Å². The van der Waals surface area contributed by atoms with E-state index in [2.05, 4.69) is 42.2 Å². The second-order valence-electron chi connectivity index (χ2n) is 3.56. The van der Waals surface area contributed by atoms with Gasteiger partial charge in [-0.15, -0.1) is 0 Å². The Bertz CT molecular complexity index is 558. The number of hydrogen-bond acceptors (Lipinski definition) is 4. The molecule has 18 heavy (non-hydrogen) atoms. The minimum Gasteiger partial charge on any atom is -0.495 e. The number of rotatable bonds is 3. The highest BCUT2D eigenvalue weighted by Crippen LogP contribution is 2.35. The van der Waals surface area contributed by atoms with Crippen LogP contribution >= 0.6 is 31.9 Å². The van der Waals surface area contributed by atoms with E-state index >= 15 is 0 Å². The van der Waals surface area contributed by atoms with Crippen LogP contribution in [0, 0.1) is 0 Å². The number of nitrogens with one attached hydrogen (secondary N) is 1. The number of anilines is 3. The molecule has 0 spiro atoms. The topological polar surface area (TPSA) is 60.2 Å². The fourth-order valence-corrected chi connectivity index (χ4v) is 2.67. The highest BCUT2D eigenvalue weighted by molar-refractivity contribution is 9.11. The first-order valence-electron chi connectivity index (χ1n) is 5.11. The van der Waals surface area contributed by atoms with Crippen LogP contribution in [-0.2, 0) is 0 Å². The van der Waals surface area contributed by atoms with Crippen molar-refractivity contribution >= 4 is 49.1 Å². The van der Waals surface area contributed by atoms with Gasteiger partial charge in [0.05, 0.1) is 29.2 Å². The van der Waals surface area contributed by atoms with Gasteiger partial charge in [0.1, 0.15) is 11.6 Å². The number of nitrogens with zero attached hydrogens (tertiary/aromatic N) is 1. The van der Waals surface area contributed by atoms with Crippen molar-refractivity contribution < 1.29 is 4.74 Å². The number of halogens is 2. The smallest absolute Gasteiger partial charge is 0.135 e. The lowest BCUT2D eigenvalue weighted by Crippen LogP contribution is -1.95. The van der Waals surface area contributed by atoms with Gasteiger partial charge in [0.15, 0.2) is 0 Å². The Labute approximate surface area is 122 Å². The monoisotopic (exact) mass is 371 g/mol. The van der Waals surface area contributed by atoms with Crippen molar-refractivity contribution in [2.75, 3.05) is 18.2 Å². The van der Waals surface area contributed by atoms with E-state index in [9.17, 15) is 0 Å². The summed E-state index contributed by atoms with van der Waals surface area (Å²) < 4.78 is 7.06. The van der Waals surface area contributed by atoms with Gasteiger partial charge in [0, 0.05) is 10.5 Å². The SMILES string of the molecule is COc1cc(Nc2ccc(N)nc2)c(Br)cc1Br. The number of nitrogen functional groups attached to an aromatic ring is 1. The molecule has 0 saturated carbocycles. The van der Waals surface area contributed by atoms with E-state index < -0.39 is 0 Å². The normalized spacial score (nSPS) is 10.2. The molecule has 1 heterocycles. The van der Waals surface area contributed by atoms with Gasteiger partial charge >= 0.3 is 0 Å². The zero-order chi connectivity index (χ0) is 13.1. The molecular formula is C12H11Br2N3O. The Morgan fingerprint density at radius 3 is 2.61 bits per heavy atom. The van der Waals surface area contributed by atoms with Crippen molar-refractivity contribution in [3.63, 3.8) is 0 Å². The van der Waals surface area contributed by atoms with Crippen LogP contribution in [0.3, 0.4) is 0 Å². The molecule has 4 nitrogen and oxygen atoms in total. The quantitative estimate of drug-likeness (QED) is 0.856. The summed E-state index contributed by atoms with van der Waals surface area (Å²) in [4.78, 5) is 4.02. The van der Waals surface area contributed by atoms with E-state index in [4.69, 9.17) is 10.5 Å². The van der Waals surface area contributed by atoms with Crippen LogP contribution in [0.25, 0.3) is 0 Å². The standard InChI is InChI=1S/C12H11Br2N3O/c1-18-11-5-10(8(13)4-9(11)14)17-7-2-3-12(15)16-6-7/h2-6,17H,1H3,(H2,15,16). The summed E-state index contributed by atoms with van der Waals surface area (Å²) in [5, 5.41) is 3.24. The summed E-state index contributed by atoms with van der Waals surface area (Å²) in [6.45, 7) is 0. The molecular weight excluding hydrogens is 362 g/mol. The number of nitrogens with two attached hydrogens (primary N) is 1. The molecule has 1 aromatic carbocycles. The molecule has 0 radical (unpaired) electrons. The molecule has 0 amide bonds. The van der Waals surface area contributed by atoms with Crippen LogP contribution in [0.15, 0.2) is 39.4 Å². The molecule has 0 saturated heterocycles. The Morgan fingerprint density at radius 2 is 2.00 bits per heavy atom. The zero-order valence-electron chi connectivity index (χ0n) is 9.58. The van der Waals surface area contributed by atoms with E-state index in [0.29, 0.717) is 5.82 Å². The Kier molecular flexibility index (Phi) is 4.08. The predicted octanol–water partition coefficient (Wildman–Crippen LogP) is 3.94. The molecule has 0 unspecified atom stereocenters. The van der Waals surface area contributed by atoms with Crippen molar-refractivity contribution in [2.45, 2.75) is 0 Å². The maximum atomic E-state index is 5.54. The average Bonchev–Trinajstić information content (AvgIpc) is 2.35. The van der Waals surface area contributed by atoms with Crippen molar-refractivity contribution in [1.29, 1.82) is 0 Å². The van der Waals surface area contributed by atoms with Crippen LogP contribution in [-0.4, -0.2) is 12.1 Å². The second kappa shape index (κ2) is 5.58. The van der Waals surface area contributed by atoms with Gasteiger partial charge in [-0.3, -0.25) is 0 Å². The van der Waals surface area contributed by atoms with Gasteiger partial charge in [-0.2, -0.15) is 0 Å². The van der Waals surface area contributed by atoms with E-state index in [0.717, 1.165) is 26.1 Å². The summed E-state index contributed by atoms with van der Waals surface area (Å²) in [5.74, 6) is 1.25. The highest BCUT2D eigenvalue weighted by Gasteiger charge is 2.07. The maximum absolute atomic E-state index is 5.54. The van der Waals surface area contributed by atoms with Crippen LogP contribution in [0.5, 0.6) is 5.75 Å². The summed E-state index contributed by atoms with van der Waals surface area (Å²) in [7, 11) is 1.63. The second-order valence-corrected chi connectivity index (χ2v) is 5.27. The third kappa shape index (κ3) is 2.94. The van der Waals surface area contributed by atoms with E-state index in [-0.39, 0.29) is 0 Å². The van der Waals surface area contributed by atoms with Gasteiger partial charge in [-0.1, -0.05) is 0 Å². The third-order valence-electron chi connectivity index (χ3n) is 2.31. The lowest BCUT2D eigenvalue weighted by atomic mass is 10.3. The Balaban J connectivity index is 2.31. The predicted molar refractivity (Wildman–Crippen MR) is 80.3 cm³/mol. The number of hydrogen-bond donors (Lipinski definition) is 2. The van der Waals surface area contributed by atoms with Crippen LogP contribution in [0.4, 0.5) is 17.2 Å². The summed E-state index contributed by atoms with van der Waals surface area (Å²) in [6.07, 6.45) is 1.68. The van der Waals surface area contributed by atoms with Crippen molar-refractivity contribution in [3.05, 3.63) is 39.4 Å². The van der Waals surface area contributed by atoms with Crippen LogP contribution in [0.1, 0.15) is 0 Å². The molecule has 0 fully saturated rings. The van der Waals surface area contributed by atoms with Crippen LogP contribution < -0.4 is 15.8 Å². The first-order valence-corrected chi connectivity index (χ1v) is 6.70. The molecule has 0 aliphatic heterocycles. The van der Waals surface area contributed by atoms with Crippen LogP contribution in [0.2, 0.25) is 0 Å². The number of ether oxygens (including phenoxy) is 1. The van der Waals surface area contributed by atoms with Gasteiger partial charge in [-0.05, 0) is 50.1 Å². The maximum Gasteiger partial charge on any atom is 0.135 e. The molecule has 94 valence electrons. The van der Waals surface area contributed by atoms with Gasteiger partial charge in [0.2, 0.25) is 0 Å². The summed E-state index contributed by atoms with van der Waals surface area (Å²) in [5.41, 5.74) is 7.29. The molecule has 0 aliphatic rings. The van der Waals surface area contributed by atoms with E-state index in [1.165, 1.54) is 0 Å². The average molecular weight is 373 g/mol. The molecule has 0 bridgehead atoms. The van der Waals surface area contributed by atoms with E-state index in [1.807, 2.05) is 18.2 Å². The molecule has 3 N–H and O–H groups in total. The molecule has 1 aromatic heterocycles. The zero-order valence-corrected chi connectivity index (χ0v) is 12.7. The number of pyridine rings is 1. The van der Waals surface area contributed by atoms with Crippen molar-refractivity contribution in [2.24, 2.45) is 0 Å². The minimum atomic E-state index is 0.494. The molecule has 0 aliphatic carbocycles. The first kappa shape index (κ1) is 13.2. The van der Waals surface area contributed by atoms with Crippen molar-refractivity contribution in [3.8, 4) is 5.75 Å². The largest absolute Gasteiger partial charge is 0.495 e. The Hall–Kier alpha value is -1.27. The Morgan fingerprint density at radius 1 is 1.22 bits per heavy atom. The van der Waals surface area contributed by atoms with E-state index in [1.54, 1.807) is 19.4 Å². The summed E-state index contributed by atoms with van der Waals surface area (Å²) >= 11 is 6.91. The number of methoxy groups -OCH3 is 1. The van der Waals surface area contributed by atoms with Crippen molar-refractivity contribution in [1.82, 2.24) is 4.98 Å². The molecule has 2 aromatic rings. The number of benzene rings is 1. The van der Waals surface area contributed by atoms with Gasteiger partial charge in [-0.25, -0.2) is 4.98 Å². The third-order valence-corrected chi connectivity index (χ3v) is 3.58. The minimum absolute atomic E-state index is 0.494. The fraction of sp³-hybridized carbons (Fsp3) is 0.0833. The lowest BCUT2D eigenvalue weighted by molar-refractivity contribution is 0.412. The molecule has 0 atom stereocenters. The lowest BCUT2D eigenvalue weighted by Gasteiger charge is -2.11. The number of aromatic nitrogens is 1. The summed E-state index contributed by atoms with van der Waals surface area (Å²) in [6, 6.07) is 7.42. The first-order chi connectivity index (χ1) is 8.60. The molecule has 2 rings (SSSR count).